The van der Waals surface area contributed by atoms with Crippen LogP contribution in [-0.2, 0) is 19.1 Å². The van der Waals surface area contributed by atoms with Crippen molar-refractivity contribution in [1.82, 2.24) is 0 Å². The maximum atomic E-state index is 12.2. The molecule has 0 aromatic rings. The molecular formula is C45H80O6. The summed E-state index contributed by atoms with van der Waals surface area (Å²) in [4.78, 5) is 24.3. The van der Waals surface area contributed by atoms with Gasteiger partial charge in [0, 0.05) is 12.8 Å². The molecule has 51 heavy (non-hydrogen) atoms. The molecule has 0 amide bonds. The largest absolute Gasteiger partial charge is 0.462 e. The van der Waals surface area contributed by atoms with Gasteiger partial charge in [0.25, 0.3) is 0 Å². The van der Waals surface area contributed by atoms with Crippen LogP contribution in [0.25, 0.3) is 0 Å². The first-order valence-corrected chi connectivity index (χ1v) is 21.3. The van der Waals surface area contributed by atoms with Gasteiger partial charge < -0.3 is 19.7 Å². The van der Waals surface area contributed by atoms with Gasteiger partial charge in [-0.25, -0.2) is 0 Å². The second kappa shape index (κ2) is 40.6. The van der Waals surface area contributed by atoms with E-state index in [2.05, 4.69) is 62.5 Å². The lowest BCUT2D eigenvalue weighted by Crippen LogP contribution is -2.28. The molecule has 0 aliphatic carbocycles. The lowest BCUT2D eigenvalue weighted by Gasteiger charge is -2.15. The fourth-order valence-electron chi connectivity index (χ4n) is 5.97. The highest BCUT2D eigenvalue weighted by molar-refractivity contribution is 5.70. The number of aliphatic hydroxyl groups excluding tert-OH is 2. The zero-order valence-corrected chi connectivity index (χ0v) is 33.2. The molecule has 296 valence electrons. The van der Waals surface area contributed by atoms with E-state index in [1.807, 2.05) is 0 Å². The Bertz CT molecular complexity index is 876. The molecule has 0 aliphatic rings. The highest BCUT2D eigenvalue weighted by Gasteiger charge is 2.16. The van der Waals surface area contributed by atoms with Gasteiger partial charge in [-0.2, -0.15) is 0 Å². The molecule has 0 saturated carbocycles. The third-order valence-corrected chi connectivity index (χ3v) is 9.18. The Morgan fingerprint density at radius 1 is 0.529 bits per heavy atom. The van der Waals surface area contributed by atoms with Crippen LogP contribution in [0.5, 0.6) is 0 Å². The predicted octanol–water partition coefficient (Wildman–Crippen LogP) is 12.4. The van der Waals surface area contributed by atoms with E-state index in [9.17, 15) is 19.8 Å². The van der Waals surface area contributed by atoms with E-state index < -0.39 is 6.10 Å². The zero-order chi connectivity index (χ0) is 37.3. The molecule has 0 aliphatic heterocycles. The van der Waals surface area contributed by atoms with Crippen molar-refractivity contribution in [2.75, 3.05) is 13.2 Å². The number of hydrogen-bond acceptors (Lipinski definition) is 6. The van der Waals surface area contributed by atoms with Gasteiger partial charge in [0.05, 0.1) is 12.7 Å². The second-order valence-electron chi connectivity index (χ2n) is 14.3. The minimum atomic E-state index is -0.809. The molecule has 2 atom stereocenters. The monoisotopic (exact) mass is 717 g/mol. The van der Waals surface area contributed by atoms with Crippen LogP contribution in [-0.4, -0.2) is 47.6 Å². The number of rotatable bonds is 38. The zero-order valence-electron chi connectivity index (χ0n) is 33.2. The van der Waals surface area contributed by atoms with Gasteiger partial charge in [-0.1, -0.05) is 184 Å². The number of aliphatic hydroxyl groups is 2. The van der Waals surface area contributed by atoms with Gasteiger partial charge in [0.2, 0.25) is 0 Å². The van der Waals surface area contributed by atoms with E-state index >= 15 is 0 Å². The predicted molar refractivity (Wildman–Crippen MR) is 216 cm³/mol. The average Bonchev–Trinajstić information content (AvgIpc) is 3.12. The maximum absolute atomic E-state index is 12.2. The minimum Gasteiger partial charge on any atom is -0.462 e. The van der Waals surface area contributed by atoms with Crippen LogP contribution < -0.4 is 0 Å². The summed E-state index contributed by atoms with van der Waals surface area (Å²) < 4.78 is 10.6. The van der Waals surface area contributed by atoms with E-state index in [-0.39, 0.29) is 37.7 Å². The van der Waals surface area contributed by atoms with Gasteiger partial charge in [-0.05, 0) is 51.4 Å². The van der Waals surface area contributed by atoms with Crippen LogP contribution in [0.1, 0.15) is 200 Å². The third-order valence-electron chi connectivity index (χ3n) is 9.18. The highest BCUT2D eigenvalue weighted by Crippen LogP contribution is 2.15. The molecular weight excluding hydrogens is 636 g/mol. The van der Waals surface area contributed by atoms with Crippen LogP contribution >= 0.6 is 0 Å². The number of allylic oxidation sites excluding steroid dienone is 7. The van der Waals surface area contributed by atoms with Gasteiger partial charge >= 0.3 is 11.9 Å². The molecule has 2 N–H and O–H groups in total. The smallest absolute Gasteiger partial charge is 0.306 e. The molecule has 0 aromatic carbocycles. The molecule has 0 heterocycles. The molecule has 0 radical (unpaired) electrons. The summed E-state index contributed by atoms with van der Waals surface area (Å²) in [6, 6.07) is 0. The van der Waals surface area contributed by atoms with E-state index in [1.165, 1.54) is 103 Å². The van der Waals surface area contributed by atoms with Crippen molar-refractivity contribution in [2.45, 2.75) is 212 Å². The third kappa shape index (κ3) is 38.9. The SMILES string of the molecule is CCCCCCCCCCCCCCCCCCCCCC(=O)OC[C@H](CO)OC(=O)CCC/C=C\C/C=C\C/C=C\C/C=C\CC(O)CCC. The Kier molecular flexibility index (Phi) is 38.9. The standard InChI is InChI=1S/C45H80O6/c1-3-5-6-7-8-9-10-11-12-13-14-15-16-19-22-25-28-31-34-38-44(48)50-41-43(40-46)51-45(49)39-35-32-29-26-23-20-17-18-21-24-27-30-33-37-42(47)36-4-2/h17,20-21,24,26,29-30,33,42-43,46-47H,3-16,18-19,22-23,25,27-28,31-32,34-41H2,1-2H3/b20-17-,24-21-,29-26-,33-30-/t42?,43-/m0/s1. The van der Waals surface area contributed by atoms with Gasteiger partial charge in [0.15, 0.2) is 6.10 Å². The fourth-order valence-corrected chi connectivity index (χ4v) is 5.97. The molecule has 0 spiro atoms. The summed E-state index contributed by atoms with van der Waals surface area (Å²) >= 11 is 0. The lowest BCUT2D eigenvalue weighted by atomic mass is 10.0. The quantitative estimate of drug-likeness (QED) is 0.0375. The van der Waals surface area contributed by atoms with Crippen molar-refractivity contribution in [2.24, 2.45) is 0 Å². The van der Waals surface area contributed by atoms with Crippen LogP contribution in [0.2, 0.25) is 0 Å². The van der Waals surface area contributed by atoms with Gasteiger partial charge in [-0.15, -0.1) is 0 Å². The van der Waals surface area contributed by atoms with Crippen molar-refractivity contribution in [3.8, 4) is 0 Å². The Morgan fingerprint density at radius 2 is 0.961 bits per heavy atom. The van der Waals surface area contributed by atoms with Crippen molar-refractivity contribution in [3.05, 3.63) is 48.6 Å². The molecule has 0 bridgehead atoms. The van der Waals surface area contributed by atoms with E-state index in [0.717, 1.165) is 64.2 Å². The first-order valence-electron chi connectivity index (χ1n) is 21.3. The Hall–Kier alpha value is -2.18. The molecule has 0 rings (SSSR count). The van der Waals surface area contributed by atoms with Crippen LogP contribution in [0.15, 0.2) is 48.6 Å². The number of esters is 2. The highest BCUT2D eigenvalue weighted by atomic mass is 16.6. The van der Waals surface area contributed by atoms with Gasteiger partial charge in [-0.3, -0.25) is 9.59 Å². The normalized spacial score (nSPS) is 13.3. The molecule has 1 unspecified atom stereocenters. The van der Waals surface area contributed by atoms with Crippen molar-refractivity contribution in [1.29, 1.82) is 0 Å². The summed E-state index contributed by atoms with van der Waals surface area (Å²) in [7, 11) is 0. The molecule has 6 nitrogen and oxygen atoms in total. The summed E-state index contributed by atoms with van der Waals surface area (Å²) in [5, 5.41) is 19.3. The van der Waals surface area contributed by atoms with Crippen LogP contribution in [0, 0.1) is 0 Å². The number of hydrogen-bond donors (Lipinski definition) is 2. The first-order chi connectivity index (χ1) is 25.0. The summed E-state index contributed by atoms with van der Waals surface area (Å²) in [5.74, 6) is -0.672. The van der Waals surface area contributed by atoms with Gasteiger partial charge in [0.1, 0.15) is 6.61 Å². The lowest BCUT2D eigenvalue weighted by molar-refractivity contribution is -0.161. The second-order valence-corrected chi connectivity index (χ2v) is 14.3. The molecule has 0 saturated heterocycles. The molecule has 6 heteroatoms. The van der Waals surface area contributed by atoms with Crippen LogP contribution in [0.3, 0.4) is 0 Å². The fraction of sp³-hybridized carbons (Fsp3) is 0.778. The molecule has 0 aromatic heterocycles. The van der Waals surface area contributed by atoms with E-state index in [1.54, 1.807) is 0 Å². The number of carbonyl (C=O) groups excluding carboxylic acids is 2. The maximum Gasteiger partial charge on any atom is 0.306 e. The van der Waals surface area contributed by atoms with Crippen molar-refractivity contribution < 1.29 is 29.3 Å². The van der Waals surface area contributed by atoms with E-state index in [0.29, 0.717) is 12.8 Å². The Morgan fingerprint density at radius 3 is 1.43 bits per heavy atom. The summed E-state index contributed by atoms with van der Waals surface area (Å²) in [6.45, 7) is 3.90. The van der Waals surface area contributed by atoms with E-state index in [4.69, 9.17) is 9.47 Å². The number of ether oxygens (including phenoxy) is 2. The number of carbonyl (C=O) groups is 2. The summed E-state index contributed by atoms with van der Waals surface area (Å²) in [5.41, 5.74) is 0. The topological polar surface area (TPSA) is 93.1 Å². The summed E-state index contributed by atoms with van der Waals surface area (Å²) in [6.07, 6.45) is 48.2. The van der Waals surface area contributed by atoms with Crippen molar-refractivity contribution >= 4 is 11.9 Å². The average molecular weight is 717 g/mol. The Balaban J connectivity index is 3.63. The van der Waals surface area contributed by atoms with Crippen LogP contribution in [0.4, 0.5) is 0 Å². The Labute approximate surface area is 314 Å². The molecule has 0 fully saturated rings. The first kappa shape index (κ1) is 48.8. The minimum absolute atomic E-state index is 0.0957. The number of unbranched alkanes of at least 4 members (excludes halogenated alkanes) is 19. The van der Waals surface area contributed by atoms with Crippen molar-refractivity contribution in [3.63, 3.8) is 0 Å².